The summed E-state index contributed by atoms with van der Waals surface area (Å²) in [6.07, 6.45) is 13.5. The summed E-state index contributed by atoms with van der Waals surface area (Å²) in [7, 11) is 0. The largest absolute Gasteiger partial charge is 0.478 e. The summed E-state index contributed by atoms with van der Waals surface area (Å²) in [5.74, 6) is -0.686. The van der Waals surface area contributed by atoms with Gasteiger partial charge in [0.2, 0.25) is 0 Å². The predicted octanol–water partition coefficient (Wildman–Crippen LogP) is 4.94. The normalized spacial score (nSPS) is 23.1. The lowest BCUT2D eigenvalue weighted by Gasteiger charge is -2.30. The zero-order valence-electron chi connectivity index (χ0n) is 12.0. The molecule has 0 bridgehead atoms. The van der Waals surface area contributed by atoms with Crippen LogP contribution >= 0.6 is 0 Å². The van der Waals surface area contributed by atoms with Gasteiger partial charge in [0.1, 0.15) is 0 Å². The molecule has 1 rings (SSSR count). The van der Waals surface area contributed by atoms with Crippen molar-refractivity contribution in [3.63, 3.8) is 0 Å². The summed E-state index contributed by atoms with van der Waals surface area (Å²) in [4.78, 5) is 11.4. The van der Waals surface area contributed by atoms with Crippen molar-refractivity contribution < 1.29 is 9.90 Å². The Hall–Kier alpha value is -0.790. The van der Waals surface area contributed by atoms with E-state index in [0.29, 0.717) is 5.57 Å². The van der Waals surface area contributed by atoms with E-state index in [2.05, 4.69) is 13.8 Å². The van der Waals surface area contributed by atoms with Gasteiger partial charge in [-0.25, -0.2) is 4.79 Å². The zero-order valence-corrected chi connectivity index (χ0v) is 12.0. The highest BCUT2D eigenvalue weighted by molar-refractivity contribution is 5.88. The van der Waals surface area contributed by atoms with Crippen LogP contribution in [0.3, 0.4) is 0 Å². The SMILES string of the molecule is CCCCCCCC1(CCC)CCC=C1C(=O)O. The third-order valence-electron chi connectivity index (χ3n) is 4.26. The molecule has 0 fully saturated rings. The Morgan fingerprint density at radius 3 is 2.50 bits per heavy atom. The number of aliphatic carboxylic acids is 1. The second-order valence-electron chi connectivity index (χ2n) is 5.66. The van der Waals surface area contributed by atoms with Crippen LogP contribution in [0.4, 0.5) is 0 Å². The summed E-state index contributed by atoms with van der Waals surface area (Å²) in [5, 5.41) is 9.35. The third kappa shape index (κ3) is 3.86. The molecule has 1 unspecified atom stereocenters. The van der Waals surface area contributed by atoms with Crippen molar-refractivity contribution >= 4 is 5.97 Å². The quantitative estimate of drug-likeness (QED) is 0.590. The number of rotatable bonds is 9. The molecule has 0 spiro atoms. The lowest BCUT2D eigenvalue weighted by atomic mass is 9.73. The molecule has 1 aliphatic rings. The molecule has 1 N–H and O–H groups in total. The Bertz CT molecular complexity index is 293. The van der Waals surface area contributed by atoms with Crippen molar-refractivity contribution in [1.82, 2.24) is 0 Å². The van der Waals surface area contributed by atoms with Gasteiger partial charge in [-0.1, -0.05) is 58.4 Å². The molecular weight excluding hydrogens is 224 g/mol. The molecule has 2 nitrogen and oxygen atoms in total. The number of carbonyl (C=O) groups is 1. The average molecular weight is 252 g/mol. The molecule has 0 aromatic carbocycles. The van der Waals surface area contributed by atoms with Crippen molar-refractivity contribution in [2.45, 2.75) is 78.1 Å². The van der Waals surface area contributed by atoms with Crippen LogP contribution in [0.25, 0.3) is 0 Å². The highest BCUT2D eigenvalue weighted by Gasteiger charge is 2.39. The molecule has 18 heavy (non-hydrogen) atoms. The first kappa shape index (κ1) is 15.3. The Kier molecular flexibility index (Phi) is 6.45. The monoisotopic (exact) mass is 252 g/mol. The lowest BCUT2D eigenvalue weighted by molar-refractivity contribution is -0.134. The molecule has 0 aromatic heterocycles. The summed E-state index contributed by atoms with van der Waals surface area (Å²) < 4.78 is 0. The first-order valence-electron chi connectivity index (χ1n) is 7.60. The topological polar surface area (TPSA) is 37.3 Å². The van der Waals surface area contributed by atoms with Gasteiger partial charge >= 0.3 is 5.97 Å². The first-order valence-corrected chi connectivity index (χ1v) is 7.60. The number of carboxylic acids is 1. The molecule has 0 saturated heterocycles. The van der Waals surface area contributed by atoms with E-state index in [1.807, 2.05) is 6.08 Å². The van der Waals surface area contributed by atoms with Gasteiger partial charge in [0.15, 0.2) is 0 Å². The Labute approximate surface area is 111 Å². The van der Waals surface area contributed by atoms with Crippen molar-refractivity contribution in [1.29, 1.82) is 0 Å². The van der Waals surface area contributed by atoms with Gasteiger partial charge in [-0.3, -0.25) is 0 Å². The van der Waals surface area contributed by atoms with E-state index in [4.69, 9.17) is 0 Å². The Balaban J connectivity index is 2.53. The molecule has 0 saturated carbocycles. The average Bonchev–Trinajstić information content (AvgIpc) is 2.73. The van der Waals surface area contributed by atoms with Crippen LogP contribution in [0.15, 0.2) is 11.6 Å². The third-order valence-corrected chi connectivity index (χ3v) is 4.26. The summed E-state index contributed by atoms with van der Waals surface area (Å²) in [6.45, 7) is 4.39. The van der Waals surface area contributed by atoms with Crippen LogP contribution in [0, 0.1) is 5.41 Å². The number of carboxylic acid groups (broad SMARTS) is 1. The lowest BCUT2D eigenvalue weighted by Crippen LogP contribution is -2.24. The van der Waals surface area contributed by atoms with Crippen molar-refractivity contribution in [2.24, 2.45) is 5.41 Å². The van der Waals surface area contributed by atoms with E-state index in [1.54, 1.807) is 0 Å². The van der Waals surface area contributed by atoms with Crippen LogP contribution < -0.4 is 0 Å². The van der Waals surface area contributed by atoms with Crippen LogP contribution in [-0.4, -0.2) is 11.1 Å². The van der Waals surface area contributed by atoms with Gasteiger partial charge in [0.25, 0.3) is 0 Å². The maximum atomic E-state index is 11.4. The minimum absolute atomic E-state index is 0.00714. The fraction of sp³-hybridized carbons (Fsp3) is 0.812. The van der Waals surface area contributed by atoms with Gasteiger partial charge < -0.3 is 5.11 Å². The van der Waals surface area contributed by atoms with Crippen molar-refractivity contribution in [3.8, 4) is 0 Å². The molecule has 1 aliphatic carbocycles. The summed E-state index contributed by atoms with van der Waals surface area (Å²) in [5.41, 5.74) is 0.701. The fourth-order valence-electron chi connectivity index (χ4n) is 3.35. The van der Waals surface area contributed by atoms with Gasteiger partial charge in [-0.05, 0) is 25.7 Å². The smallest absolute Gasteiger partial charge is 0.331 e. The molecule has 0 heterocycles. The number of hydrogen-bond donors (Lipinski definition) is 1. The zero-order chi connectivity index (χ0) is 13.4. The predicted molar refractivity (Wildman–Crippen MR) is 75.7 cm³/mol. The minimum atomic E-state index is -0.686. The van der Waals surface area contributed by atoms with E-state index in [1.165, 1.54) is 32.1 Å². The van der Waals surface area contributed by atoms with Gasteiger partial charge in [-0.2, -0.15) is 0 Å². The van der Waals surface area contributed by atoms with Crippen molar-refractivity contribution in [3.05, 3.63) is 11.6 Å². The fourth-order valence-corrected chi connectivity index (χ4v) is 3.35. The maximum Gasteiger partial charge on any atom is 0.331 e. The highest BCUT2D eigenvalue weighted by atomic mass is 16.4. The van der Waals surface area contributed by atoms with E-state index in [0.717, 1.165) is 32.1 Å². The maximum absolute atomic E-state index is 11.4. The van der Waals surface area contributed by atoms with Gasteiger partial charge in [0.05, 0.1) is 0 Å². The van der Waals surface area contributed by atoms with E-state index < -0.39 is 5.97 Å². The molecule has 1 atom stereocenters. The Morgan fingerprint density at radius 2 is 1.89 bits per heavy atom. The second kappa shape index (κ2) is 7.60. The van der Waals surface area contributed by atoms with E-state index >= 15 is 0 Å². The van der Waals surface area contributed by atoms with Crippen LogP contribution in [0.5, 0.6) is 0 Å². The van der Waals surface area contributed by atoms with Crippen LogP contribution in [-0.2, 0) is 4.79 Å². The van der Waals surface area contributed by atoms with Crippen LogP contribution in [0.2, 0.25) is 0 Å². The van der Waals surface area contributed by atoms with E-state index in [9.17, 15) is 9.90 Å². The molecule has 0 aliphatic heterocycles. The van der Waals surface area contributed by atoms with Crippen molar-refractivity contribution in [2.75, 3.05) is 0 Å². The first-order chi connectivity index (χ1) is 8.66. The van der Waals surface area contributed by atoms with Gasteiger partial charge in [0, 0.05) is 11.0 Å². The molecule has 0 radical (unpaired) electrons. The summed E-state index contributed by atoms with van der Waals surface area (Å²) in [6, 6.07) is 0. The van der Waals surface area contributed by atoms with Crippen LogP contribution in [0.1, 0.15) is 78.1 Å². The molecule has 0 aromatic rings. The van der Waals surface area contributed by atoms with E-state index in [-0.39, 0.29) is 5.41 Å². The number of allylic oxidation sites excluding steroid dienone is 1. The number of unbranched alkanes of at least 4 members (excludes halogenated alkanes) is 4. The molecule has 2 heteroatoms. The standard InChI is InChI=1S/C16H28O2/c1-3-5-6-7-8-12-16(11-4-2)13-9-10-14(16)15(17)18/h10H,3-9,11-13H2,1-2H3,(H,17,18). The molecule has 0 amide bonds. The summed E-state index contributed by atoms with van der Waals surface area (Å²) >= 11 is 0. The molecule has 104 valence electrons. The second-order valence-corrected chi connectivity index (χ2v) is 5.66. The minimum Gasteiger partial charge on any atom is -0.478 e. The van der Waals surface area contributed by atoms with Gasteiger partial charge in [-0.15, -0.1) is 0 Å². The number of hydrogen-bond acceptors (Lipinski definition) is 1. The Morgan fingerprint density at radius 1 is 1.17 bits per heavy atom. The molecular formula is C16H28O2. The highest BCUT2D eigenvalue weighted by Crippen LogP contribution is 2.47.